The summed E-state index contributed by atoms with van der Waals surface area (Å²) in [7, 11) is 1.61. The lowest BCUT2D eigenvalue weighted by Crippen LogP contribution is -2.43. The van der Waals surface area contributed by atoms with E-state index in [0.29, 0.717) is 18.0 Å². The van der Waals surface area contributed by atoms with Gasteiger partial charge in [0.15, 0.2) is 18.1 Å². The number of methoxy groups -OCH3 is 1. The van der Waals surface area contributed by atoms with Crippen LogP contribution in [-0.2, 0) is 11.3 Å². The van der Waals surface area contributed by atoms with Gasteiger partial charge in [-0.15, -0.1) is 12.4 Å². The summed E-state index contributed by atoms with van der Waals surface area (Å²) in [4.78, 5) is 12.0. The van der Waals surface area contributed by atoms with Crippen LogP contribution >= 0.6 is 12.4 Å². The van der Waals surface area contributed by atoms with Crippen molar-refractivity contribution < 1.29 is 14.3 Å². The van der Waals surface area contributed by atoms with Gasteiger partial charge < -0.3 is 20.1 Å². The summed E-state index contributed by atoms with van der Waals surface area (Å²) in [5.74, 6) is 1.14. The third kappa shape index (κ3) is 9.88. The van der Waals surface area contributed by atoms with E-state index < -0.39 is 0 Å². The predicted octanol–water partition coefficient (Wildman–Crippen LogP) is 4.08. The molecule has 0 saturated heterocycles. The van der Waals surface area contributed by atoms with Crippen LogP contribution in [0.3, 0.4) is 0 Å². The second-order valence-corrected chi connectivity index (χ2v) is 7.27. The van der Waals surface area contributed by atoms with Gasteiger partial charge in [-0.25, -0.2) is 0 Å². The van der Waals surface area contributed by atoms with Gasteiger partial charge >= 0.3 is 0 Å². The summed E-state index contributed by atoms with van der Waals surface area (Å²) in [6.07, 6.45) is 4.93. The van der Waals surface area contributed by atoms with Crippen molar-refractivity contribution in [2.24, 2.45) is 0 Å². The van der Waals surface area contributed by atoms with Crippen molar-refractivity contribution in [1.29, 1.82) is 0 Å². The Hall–Kier alpha value is -1.46. The summed E-state index contributed by atoms with van der Waals surface area (Å²) >= 11 is 0. The number of hydrogen-bond acceptors (Lipinski definition) is 4. The van der Waals surface area contributed by atoms with Crippen LogP contribution in [0.15, 0.2) is 18.2 Å². The largest absolute Gasteiger partial charge is 0.493 e. The van der Waals surface area contributed by atoms with Gasteiger partial charge in [0.1, 0.15) is 0 Å². The molecule has 0 radical (unpaired) electrons. The number of amides is 1. The van der Waals surface area contributed by atoms with Gasteiger partial charge in [0.2, 0.25) is 0 Å². The molecule has 1 rings (SSSR count). The van der Waals surface area contributed by atoms with E-state index in [1.54, 1.807) is 7.11 Å². The van der Waals surface area contributed by atoms with Crippen molar-refractivity contribution in [3.8, 4) is 11.5 Å². The van der Waals surface area contributed by atoms with Crippen molar-refractivity contribution in [2.45, 2.75) is 65.5 Å². The molecule has 0 unspecified atom stereocenters. The van der Waals surface area contributed by atoms with E-state index in [-0.39, 0.29) is 30.5 Å². The molecule has 0 aromatic heterocycles. The number of para-hydroxylation sites is 1. The molecule has 0 atom stereocenters. The Morgan fingerprint density at radius 1 is 1.15 bits per heavy atom. The lowest BCUT2D eigenvalue weighted by Gasteiger charge is -2.21. The van der Waals surface area contributed by atoms with E-state index in [1.807, 2.05) is 39.0 Å². The molecule has 0 aliphatic rings. The highest BCUT2D eigenvalue weighted by atomic mass is 35.5. The minimum atomic E-state index is -0.274. The quantitative estimate of drug-likeness (QED) is 0.562. The third-order valence-electron chi connectivity index (χ3n) is 3.66. The first kappa shape index (κ1) is 24.5. The van der Waals surface area contributed by atoms with Crippen molar-refractivity contribution in [1.82, 2.24) is 10.6 Å². The zero-order valence-electron chi connectivity index (χ0n) is 16.8. The lowest BCUT2D eigenvalue weighted by atomic mass is 10.1. The lowest BCUT2D eigenvalue weighted by molar-refractivity contribution is -0.124. The Morgan fingerprint density at radius 3 is 2.50 bits per heavy atom. The van der Waals surface area contributed by atoms with E-state index in [4.69, 9.17) is 9.47 Å². The summed E-state index contributed by atoms with van der Waals surface area (Å²) in [6.45, 7) is 9.69. The molecule has 26 heavy (non-hydrogen) atoms. The minimum Gasteiger partial charge on any atom is -0.493 e. The molecular weight excluding hydrogens is 352 g/mol. The highest BCUT2D eigenvalue weighted by Gasteiger charge is 2.16. The minimum absolute atomic E-state index is 0. The number of unbranched alkanes of at least 4 members (excludes halogenated alkanes) is 3. The van der Waals surface area contributed by atoms with E-state index in [2.05, 4.69) is 17.6 Å². The molecule has 1 amide bonds. The molecule has 0 saturated carbocycles. The Kier molecular flexibility index (Phi) is 12.1. The first-order valence-corrected chi connectivity index (χ1v) is 9.17. The highest BCUT2D eigenvalue weighted by Crippen LogP contribution is 2.31. The second kappa shape index (κ2) is 12.8. The second-order valence-electron chi connectivity index (χ2n) is 7.27. The summed E-state index contributed by atoms with van der Waals surface area (Å²) in [5.41, 5.74) is 0.725. The monoisotopic (exact) mass is 386 g/mol. The maximum Gasteiger partial charge on any atom is 0.258 e. The number of benzene rings is 1. The Bertz CT molecular complexity index is 530. The van der Waals surface area contributed by atoms with Gasteiger partial charge in [-0.3, -0.25) is 4.79 Å². The molecule has 6 heteroatoms. The highest BCUT2D eigenvalue weighted by molar-refractivity contribution is 5.85. The van der Waals surface area contributed by atoms with E-state index in [0.717, 1.165) is 12.1 Å². The Labute approximate surface area is 164 Å². The maximum absolute atomic E-state index is 12.0. The van der Waals surface area contributed by atoms with Gasteiger partial charge in [0.25, 0.3) is 5.91 Å². The number of carbonyl (C=O) groups excluding carboxylic acids is 1. The van der Waals surface area contributed by atoms with E-state index in [9.17, 15) is 4.79 Å². The zero-order valence-corrected chi connectivity index (χ0v) is 17.6. The molecule has 2 N–H and O–H groups in total. The first-order valence-electron chi connectivity index (χ1n) is 9.17. The molecule has 0 spiro atoms. The summed E-state index contributed by atoms with van der Waals surface area (Å²) < 4.78 is 11.2. The average Bonchev–Trinajstić information content (AvgIpc) is 2.54. The maximum atomic E-state index is 12.0. The van der Waals surface area contributed by atoms with Gasteiger partial charge in [-0.05, 0) is 39.8 Å². The summed E-state index contributed by atoms with van der Waals surface area (Å²) in [6, 6.07) is 5.79. The SMILES string of the molecule is CCCCCCNCc1cccc(OC)c1OCC(=O)NC(C)(C)C.Cl. The van der Waals surface area contributed by atoms with Crippen molar-refractivity contribution in [2.75, 3.05) is 20.3 Å². The van der Waals surface area contributed by atoms with Gasteiger partial charge in [-0.1, -0.05) is 38.3 Å². The molecule has 150 valence electrons. The summed E-state index contributed by atoms with van der Waals surface area (Å²) in [5, 5.41) is 6.34. The molecule has 1 aromatic carbocycles. The fourth-order valence-corrected chi connectivity index (χ4v) is 2.52. The number of ether oxygens (including phenoxy) is 2. The van der Waals surface area contributed by atoms with E-state index >= 15 is 0 Å². The number of rotatable bonds is 11. The average molecular weight is 387 g/mol. The molecule has 5 nitrogen and oxygen atoms in total. The van der Waals surface area contributed by atoms with Crippen LogP contribution in [-0.4, -0.2) is 31.7 Å². The zero-order chi connectivity index (χ0) is 18.7. The van der Waals surface area contributed by atoms with Crippen molar-refractivity contribution in [3.63, 3.8) is 0 Å². The molecule has 0 aliphatic heterocycles. The molecule has 1 aromatic rings. The number of carbonyl (C=O) groups is 1. The smallest absolute Gasteiger partial charge is 0.258 e. The van der Waals surface area contributed by atoms with Crippen LogP contribution < -0.4 is 20.1 Å². The molecule has 0 aliphatic carbocycles. The van der Waals surface area contributed by atoms with Crippen LogP contribution in [0.4, 0.5) is 0 Å². The van der Waals surface area contributed by atoms with Crippen LogP contribution in [0.2, 0.25) is 0 Å². The molecular formula is C20H35ClN2O3. The van der Waals surface area contributed by atoms with Crippen molar-refractivity contribution in [3.05, 3.63) is 23.8 Å². The fraction of sp³-hybridized carbons (Fsp3) is 0.650. The van der Waals surface area contributed by atoms with E-state index in [1.165, 1.54) is 25.7 Å². The third-order valence-corrected chi connectivity index (χ3v) is 3.66. The predicted molar refractivity (Wildman–Crippen MR) is 109 cm³/mol. The van der Waals surface area contributed by atoms with Gasteiger partial charge in [0.05, 0.1) is 7.11 Å². The Balaban J connectivity index is 0.00000625. The molecule has 0 heterocycles. The van der Waals surface area contributed by atoms with Crippen LogP contribution in [0.5, 0.6) is 11.5 Å². The normalized spacial score (nSPS) is 10.8. The first-order chi connectivity index (χ1) is 11.9. The standard InChI is InChI=1S/C20H34N2O3.ClH/c1-6-7-8-9-13-21-14-16-11-10-12-17(24-5)19(16)25-15-18(23)22-20(2,3)4;/h10-12,21H,6-9,13-15H2,1-5H3,(H,22,23);1H. The molecule has 0 bridgehead atoms. The number of hydrogen-bond donors (Lipinski definition) is 2. The molecule has 0 fully saturated rings. The van der Waals surface area contributed by atoms with Crippen LogP contribution in [0, 0.1) is 0 Å². The van der Waals surface area contributed by atoms with Gasteiger partial charge in [-0.2, -0.15) is 0 Å². The van der Waals surface area contributed by atoms with Gasteiger partial charge in [0, 0.05) is 17.6 Å². The van der Waals surface area contributed by atoms with Crippen molar-refractivity contribution >= 4 is 18.3 Å². The van der Waals surface area contributed by atoms with Crippen LogP contribution in [0.25, 0.3) is 0 Å². The number of halogens is 1. The number of nitrogens with one attached hydrogen (secondary N) is 2. The van der Waals surface area contributed by atoms with Crippen LogP contribution in [0.1, 0.15) is 58.9 Å². The fourth-order valence-electron chi connectivity index (χ4n) is 2.52. The topological polar surface area (TPSA) is 59.6 Å². The Morgan fingerprint density at radius 2 is 1.88 bits per heavy atom.